The van der Waals surface area contributed by atoms with Crippen molar-refractivity contribution in [2.45, 2.75) is 49.5 Å². The average Bonchev–Trinajstić information content (AvgIpc) is 3.15. The molecule has 0 radical (unpaired) electrons. The molecule has 1 unspecified atom stereocenters. The van der Waals surface area contributed by atoms with Crippen LogP contribution in [0.4, 0.5) is 0 Å². The Morgan fingerprint density at radius 3 is 2.48 bits per heavy atom. The number of aryl methyl sites for hydroxylation is 2. The number of ether oxygens (including phenoxy) is 1. The van der Waals surface area contributed by atoms with E-state index in [0.717, 1.165) is 51.9 Å². The van der Waals surface area contributed by atoms with Crippen LogP contribution in [0.15, 0.2) is 23.1 Å². The second-order valence-corrected chi connectivity index (χ2v) is 9.42. The fourth-order valence-corrected chi connectivity index (χ4v) is 5.72. The summed E-state index contributed by atoms with van der Waals surface area (Å²) < 4.78 is 33.4. The van der Waals surface area contributed by atoms with Crippen LogP contribution in [0.3, 0.4) is 0 Å². The zero-order valence-electron chi connectivity index (χ0n) is 14.8. The van der Waals surface area contributed by atoms with E-state index in [0.29, 0.717) is 24.1 Å². The van der Waals surface area contributed by atoms with Gasteiger partial charge in [0.1, 0.15) is 0 Å². The van der Waals surface area contributed by atoms with Crippen LogP contribution in [0.1, 0.15) is 36.8 Å². The third-order valence-electron chi connectivity index (χ3n) is 5.77. The van der Waals surface area contributed by atoms with E-state index in [4.69, 9.17) is 4.74 Å². The molecule has 0 aromatic heterocycles. The molecule has 1 aliphatic carbocycles. The van der Waals surface area contributed by atoms with E-state index < -0.39 is 10.0 Å². The van der Waals surface area contributed by atoms with Crippen LogP contribution in [-0.4, -0.2) is 63.1 Å². The molecule has 1 atom stereocenters. The molecule has 138 valence electrons. The second-order valence-electron chi connectivity index (χ2n) is 7.48. The Morgan fingerprint density at radius 1 is 1.00 bits per heavy atom. The summed E-state index contributed by atoms with van der Waals surface area (Å²) in [6.45, 7) is 4.55. The highest BCUT2D eigenvalue weighted by Crippen LogP contribution is 2.26. The van der Waals surface area contributed by atoms with Gasteiger partial charge in [-0.3, -0.25) is 4.90 Å². The lowest BCUT2D eigenvalue weighted by Gasteiger charge is -2.35. The zero-order valence-corrected chi connectivity index (χ0v) is 15.6. The third-order valence-corrected chi connectivity index (χ3v) is 7.67. The number of sulfonamides is 1. The SMILES string of the molecule is O=S(=O)(c1ccc2c(c1)CCCC2)N1CCN(CC2CCCO2)CC1. The minimum absolute atomic E-state index is 0.337. The quantitative estimate of drug-likeness (QED) is 0.821. The van der Waals surface area contributed by atoms with E-state index >= 15 is 0 Å². The van der Waals surface area contributed by atoms with E-state index in [2.05, 4.69) is 4.90 Å². The van der Waals surface area contributed by atoms with Gasteiger partial charge in [-0.05, 0) is 61.8 Å². The Labute approximate surface area is 151 Å². The molecule has 5 nitrogen and oxygen atoms in total. The minimum atomic E-state index is -3.37. The molecule has 2 heterocycles. The van der Waals surface area contributed by atoms with Crippen LogP contribution in [0.2, 0.25) is 0 Å². The molecule has 6 heteroatoms. The van der Waals surface area contributed by atoms with Crippen LogP contribution in [0.25, 0.3) is 0 Å². The second kappa shape index (κ2) is 7.35. The predicted octanol–water partition coefficient (Wildman–Crippen LogP) is 2.05. The van der Waals surface area contributed by atoms with Crippen LogP contribution >= 0.6 is 0 Å². The summed E-state index contributed by atoms with van der Waals surface area (Å²) in [5.41, 5.74) is 2.55. The van der Waals surface area contributed by atoms with Crippen molar-refractivity contribution in [1.82, 2.24) is 9.21 Å². The predicted molar refractivity (Wildman–Crippen MR) is 97.3 cm³/mol. The fraction of sp³-hybridized carbons (Fsp3) is 0.684. The molecule has 2 aliphatic heterocycles. The Morgan fingerprint density at radius 2 is 1.76 bits per heavy atom. The highest BCUT2D eigenvalue weighted by atomic mass is 32.2. The van der Waals surface area contributed by atoms with Crippen LogP contribution in [0.5, 0.6) is 0 Å². The van der Waals surface area contributed by atoms with Gasteiger partial charge in [-0.2, -0.15) is 4.31 Å². The van der Waals surface area contributed by atoms with E-state index in [1.165, 1.54) is 24.0 Å². The number of benzene rings is 1. The summed E-state index contributed by atoms with van der Waals surface area (Å²) in [5, 5.41) is 0. The summed E-state index contributed by atoms with van der Waals surface area (Å²) in [6, 6.07) is 5.75. The molecule has 1 aromatic rings. The Kier molecular flexibility index (Phi) is 5.13. The van der Waals surface area contributed by atoms with Crippen molar-refractivity contribution in [2.75, 3.05) is 39.3 Å². The van der Waals surface area contributed by atoms with Gasteiger partial charge in [0.25, 0.3) is 0 Å². The first-order chi connectivity index (χ1) is 12.1. The Balaban J connectivity index is 1.41. The molecule has 0 bridgehead atoms. The Hall–Kier alpha value is -0.950. The molecule has 3 aliphatic rings. The average molecular weight is 365 g/mol. The van der Waals surface area contributed by atoms with Crippen molar-refractivity contribution < 1.29 is 13.2 Å². The molecule has 0 amide bonds. The Bertz CT molecular complexity index is 705. The zero-order chi connectivity index (χ0) is 17.3. The fourth-order valence-electron chi connectivity index (χ4n) is 4.25. The minimum Gasteiger partial charge on any atom is -0.377 e. The van der Waals surface area contributed by atoms with Gasteiger partial charge in [-0.25, -0.2) is 8.42 Å². The smallest absolute Gasteiger partial charge is 0.243 e. The van der Waals surface area contributed by atoms with Gasteiger partial charge in [0.2, 0.25) is 10.0 Å². The van der Waals surface area contributed by atoms with Gasteiger partial charge in [0.05, 0.1) is 11.0 Å². The normalized spacial score (nSPS) is 25.8. The summed E-state index contributed by atoms with van der Waals surface area (Å²) in [7, 11) is -3.37. The van der Waals surface area contributed by atoms with E-state index in [-0.39, 0.29) is 0 Å². The highest BCUT2D eigenvalue weighted by Gasteiger charge is 2.30. The van der Waals surface area contributed by atoms with Crippen LogP contribution in [0, 0.1) is 0 Å². The molecular weight excluding hydrogens is 336 g/mol. The van der Waals surface area contributed by atoms with Crippen molar-refractivity contribution in [3.05, 3.63) is 29.3 Å². The standard InChI is InChI=1S/C19H28N2O3S/c22-25(23,19-8-7-16-4-1-2-5-17(16)14-19)21-11-9-20(10-12-21)15-18-6-3-13-24-18/h7-8,14,18H,1-6,9-13,15H2. The summed E-state index contributed by atoms with van der Waals surface area (Å²) in [5.74, 6) is 0. The van der Waals surface area contributed by atoms with Crippen LogP contribution in [-0.2, 0) is 27.6 Å². The summed E-state index contributed by atoms with van der Waals surface area (Å²) in [4.78, 5) is 2.82. The molecule has 1 aromatic carbocycles. The maximum absolute atomic E-state index is 13.0. The maximum Gasteiger partial charge on any atom is 0.243 e. The van der Waals surface area contributed by atoms with Gasteiger partial charge in [0.15, 0.2) is 0 Å². The largest absolute Gasteiger partial charge is 0.377 e. The van der Waals surface area contributed by atoms with E-state index in [1.807, 2.05) is 12.1 Å². The van der Waals surface area contributed by atoms with Gasteiger partial charge in [-0.15, -0.1) is 0 Å². The lowest BCUT2D eigenvalue weighted by molar-refractivity contribution is 0.0617. The molecule has 0 spiro atoms. The lowest BCUT2D eigenvalue weighted by atomic mass is 9.92. The summed E-state index contributed by atoms with van der Waals surface area (Å²) in [6.07, 6.45) is 7.09. The van der Waals surface area contributed by atoms with E-state index in [1.54, 1.807) is 10.4 Å². The maximum atomic E-state index is 13.0. The molecule has 0 N–H and O–H groups in total. The van der Waals surface area contributed by atoms with Gasteiger partial charge in [-0.1, -0.05) is 6.07 Å². The van der Waals surface area contributed by atoms with Crippen molar-refractivity contribution in [2.24, 2.45) is 0 Å². The van der Waals surface area contributed by atoms with Crippen molar-refractivity contribution in [3.63, 3.8) is 0 Å². The van der Waals surface area contributed by atoms with Crippen molar-refractivity contribution in [1.29, 1.82) is 0 Å². The molecule has 0 saturated carbocycles. The van der Waals surface area contributed by atoms with Crippen molar-refractivity contribution in [3.8, 4) is 0 Å². The number of nitrogens with zero attached hydrogens (tertiary/aromatic N) is 2. The third kappa shape index (κ3) is 3.77. The van der Waals surface area contributed by atoms with Gasteiger partial charge >= 0.3 is 0 Å². The lowest BCUT2D eigenvalue weighted by Crippen LogP contribution is -2.50. The topological polar surface area (TPSA) is 49.9 Å². The molecule has 2 saturated heterocycles. The van der Waals surface area contributed by atoms with Gasteiger partial charge < -0.3 is 4.74 Å². The number of fused-ring (bicyclic) bond motifs is 1. The van der Waals surface area contributed by atoms with Gasteiger partial charge in [0, 0.05) is 39.3 Å². The molecule has 25 heavy (non-hydrogen) atoms. The number of hydrogen-bond donors (Lipinski definition) is 0. The number of rotatable bonds is 4. The summed E-state index contributed by atoms with van der Waals surface area (Å²) >= 11 is 0. The molecule has 4 rings (SSSR count). The highest BCUT2D eigenvalue weighted by molar-refractivity contribution is 7.89. The van der Waals surface area contributed by atoms with Crippen LogP contribution < -0.4 is 0 Å². The first-order valence-corrected chi connectivity index (χ1v) is 11.0. The monoisotopic (exact) mass is 364 g/mol. The van der Waals surface area contributed by atoms with Crippen molar-refractivity contribution >= 4 is 10.0 Å². The molecule has 2 fully saturated rings. The molecular formula is C19H28N2O3S. The number of piperazine rings is 1. The number of hydrogen-bond acceptors (Lipinski definition) is 4. The van der Waals surface area contributed by atoms with E-state index in [9.17, 15) is 8.42 Å². The first kappa shape index (κ1) is 17.5. The first-order valence-electron chi connectivity index (χ1n) is 9.59.